The lowest BCUT2D eigenvalue weighted by Gasteiger charge is -2.26. The summed E-state index contributed by atoms with van der Waals surface area (Å²) >= 11 is 0. The van der Waals surface area contributed by atoms with Crippen LogP contribution >= 0.6 is 0 Å². The molecule has 2 aromatic heterocycles. The summed E-state index contributed by atoms with van der Waals surface area (Å²) in [5.74, 6) is -1.95. The number of amides is 1. The number of hydrogen-bond donors (Lipinski definition) is 0. The molecule has 0 spiro atoms. The van der Waals surface area contributed by atoms with Gasteiger partial charge in [0, 0.05) is 31.6 Å². The van der Waals surface area contributed by atoms with Gasteiger partial charge in [0.25, 0.3) is 11.5 Å². The van der Waals surface area contributed by atoms with E-state index < -0.39 is 23.1 Å². The number of carbonyl (C=O) groups excluding carboxylic acids is 1. The molecular formula is C24H23F2N3O3. The third-order valence-corrected chi connectivity index (χ3v) is 5.50. The molecule has 1 saturated heterocycles. The minimum Gasteiger partial charge on any atom is -0.376 e. The van der Waals surface area contributed by atoms with Gasteiger partial charge in [-0.25, -0.2) is 8.78 Å². The molecule has 0 radical (unpaired) electrons. The molecule has 1 fully saturated rings. The van der Waals surface area contributed by atoms with Crippen LogP contribution in [0, 0.1) is 18.6 Å². The number of benzene rings is 1. The number of carbonyl (C=O) groups is 1. The van der Waals surface area contributed by atoms with Gasteiger partial charge in [-0.2, -0.15) is 0 Å². The first-order chi connectivity index (χ1) is 15.4. The molecule has 0 N–H and O–H groups in total. The van der Waals surface area contributed by atoms with Crippen molar-refractivity contribution in [2.45, 2.75) is 32.4 Å². The number of nitrogens with zero attached hydrogens (tertiary/aromatic N) is 3. The second-order valence-corrected chi connectivity index (χ2v) is 7.79. The van der Waals surface area contributed by atoms with Crippen LogP contribution in [-0.2, 0) is 11.3 Å². The predicted octanol–water partition coefficient (Wildman–Crippen LogP) is 3.64. The Morgan fingerprint density at radius 3 is 2.81 bits per heavy atom. The molecule has 1 atom stereocenters. The van der Waals surface area contributed by atoms with Crippen LogP contribution in [0.5, 0.6) is 0 Å². The Bertz CT molecular complexity index is 1170. The van der Waals surface area contributed by atoms with E-state index in [0.29, 0.717) is 24.4 Å². The fourth-order valence-electron chi connectivity index (χ4n) is 3.85. The van der Waals surface area contributed by atoms with Gasteiger partial charge >= 0.3 is 0 Å². The molecule has 1 aromatic carbocycles. The third kappa shape index (κ3) is 4.60. The van der Waals surface area contributed by atoms with Gasteiger partial charge in [-0.05, 0) is 55.7 Å². The van der Waals surface area contributed by atoms with Gasteiger partial charge in [0.2, 0.25) is 0 Å². The van der Waals surface area contributed by atoms with Crippen molar-refractivity contribution in [3.8, 4) is 5.69 Å². The van der Waals surface area contributed by atoms with Crippen LogP contribution in [0.25, 0.3) is 5.69 Å². The quantitative estimate of drug-likeness (QED) is 0.588. The lowest BCUT2D eigenvalue weighted by atomic mass is 10.1. The highest BCUT2D eigenvalue weighted by molar-refractivity contribution is 5.95. The summed E-state index contributed by atoms with van der Waals surface area (Å²) in [7, 11) is 0. The fourth-order valence-corrected chi connectivity index (χ4v) is 3.85. The number of halogens is 2. The molecule has 6 nitrogen and oxygen atoms in total. The summed E-state index contributed by atoms with van der Waals surface area (Å²) in [6.45, 7) is 2.78. The van der Waals surface area contributed by atoms with Crippen molar-refractivity contribution in [2.75, 3.05) is 13.2 Å². The van der Waals surface area contributed by atoms with Crippen molar-refractivity contribution in [3.05, 3.63) is 93.7 Å². The van der Waals surface area contributed by atoms with Gasteiger partial charge < -0.3 is 9.64 Å². The van der Waals surface area contributed by atoms with Gasteiger partial charge in [0.05, 0.1) is 24.0 Å². The predicted molar refractivity (Wildman–Crippen MR) is 115 cm³/mol. The molecule has 4 rings (SSSR count). The topological polar surface area (TPSA) is 64.4 Å². The van der Waals surface area contributed by atoms with E-state index in [2.05, 4.69) is 4.98 Å². The van der Waals surface area contributed by atoms with E-state index in [0.717, 1.165) is 35.6 Å². The Labute approximate surface area is 184 Å². The van der Waals surface area contributed by atoms with Crippen LogP contribution in [0.2, 0.25) is 0 Å². The zero-order valence-corrected chi connectivity index (χ0v) is 17.6. The van der Waals surface area contributed by atoms with Crippen molar-refractivity contribution in [1.82, 2.24) is 14.5 Å². The second kappa shape index (κ2) is 9.40. The largest absolute Gasteiger partial charge is 0.376 e. The second-order valence-electron chi connectivity index (χ2n) is 7.79. The van der Waals surface area contributed by atoms with Crippen LogP contribution in [0.4, 0.5) is 8.78 Å². The molecule has 1 amide bonds. The SMILES string of the molecule is Cc1ccn(-c2cc(F)ccc2F)c(=O)c1C(=O)N(Cc1ccccn1)CC1CCCO1. The summed E-state index contributed by atoms with van der Waals surface area (Å²) < 4.78 is 34.7. The van der Waals surface area contributed by atoms with Crippen LogP contribution in [0.15, 0.2) is 59.7 Å². The van der Waals surface area contributed by atoms with E-state index in [9.17, 15) is 18.4 Å². The van der Waals surface area contributed by atoms with Gasteiger partial charge in [-0.3, -0.25) is 19.1 Å². The molecule has 1 aliphatic rings. The lowest BCUT2D eigenvalue weighted by Crippen LogP contribution is -2.41. The minimum absolute atomic E-state index is 0.0925. The molecule has 3 aromatic rings. The Kier molecular flexibility index (Phi) is 6.41. The maximum Gasteiger partial charge on any atom is 0.268 e. The molecule has 8 heteroatoms. The van der Waals surface area contributed by atoms with E-state index in [1.165, 1.54) is 11.1 Å². The van der Waals surface area contributed by atoms with Crippen LogP contribution in [-0.4, -0.2) is 39.6 Å². The number of rotatable bonds is 6. The Morgan fingerprint density at radius 2 is 2.09 bits per heavy atom. The fraction of sp³-hybridized carbons (Fsp3) is 0.292. The Balaban J connectivity index is 1.74. The molecule has 0 saturated carbocycles. The van der Waals surface area contributed by atoms with Gasteiger partial charge in [0.15, 0.2) is 0 Å². The average molecular weight is 439 g/mol. The van der Waals surface area contributed by atoms with E-state index in [1.807, 2.05) is 6.07 Å². The molecule has 166 valence electrons. The van der Waals surface area contributed by atoms with Gasteiger partial charge in [-0.1, -0.05) is 6.07 Å². The monoisotopic (exact) mass is 439 g/mol. The Hall–Kier alpha value is -3.39. The average Bonchev–Trinajstić information content (AvgIpc) is 3.29. The molecular weight excluding hydrogens is 416 g/mol. The van der Waals surface area contributed by atoms with E-state index in [-0.39, 0.29) is 23.9 Å². The normalized spacial score (nSPS) is 15.7. The lowest BCUT2D eigenvalue weighted by molar-refractivity contribution is 0.0502. The van der Waals surface area contributed by atoms with Crippen LogP contribution in [0.3, 0.4) is 0 Å². The number of pyridine rings is 2. The van der Waals surface area contributed by atoms with Gasteiger partial charge in [0.1, 0.15) is 17.2 Å². The van der Waals surface area contributed by atoms with E-state index >= 15 is 0 Å². The maximum atomic E-state index is 14.3. The molecule has 0 bridgehead atoms. The smallest absolute Gasteiger partial charge is 0.268 e. The molecule has 32 heavy (non-hydrogen) atoms. The molecule has 1 unspecified atom stereocenters. The van der Waals surface area contributed by atoms with Crippen molar-refractivity contribution in [1.29, 1.82) is 0 Å². The number of aromatic nitrogens is 2. The summed E-state index contributed by atoms with van der Waals surface area (Å²) in [6, 6.07) is 9.80. The number of ether oxygens (including phenoxy) is 1. The summed E-state index contributed by atoms with van der Waals surface area (Å²) in [4.78, 5) is 32.7. The first kappa shape index (κ1) is 21.8. The van der Waals surface area contributed by atoms with Crippen LogP contribution in [0.1, 0.15) is 34.5 Å². The van der Waals surface area contributed by atoms with E-state index in [4.69, 9.17) is 4.74 Å². The van der Waals surface area contributed by atoms with Crippen molar-refractivity contribution >= 4 is 5.91 Å². The third-order valence-electron chi connectivity index (χ3n) is 5.50. The highest BCUT2D eigenvalue weighted by Crippen LogP contribution is 2.19. The van der Waals surface area contributed by atoms with Gasteiger partial charge in [-0.15, -0.1) is 0 Å². The molecule has 1 aliphatic heterocycles. The first-order valence-electron chi connectivity index (χ1n) is 10.4. The highest BCUT2D eigenvalue weighted by atomic mass is 19.1. The summed E-state index contributed by atoms with van der Waals surface area (Å²) in [5.41, 5.74) is 0.0674. The Morgan fingerprint density at radius 1 is 1.25 bits per heavy atom. The number of aryl methyl sites for hydroxylation is 1. The van der Waals surface area contributed by atoms with Crippen molar-refractivity contribution in [2.24, 2.45) is 0 Å². The molecule has 3 heterocycles. The standard InChI is InChI=1S/C24H23F2N3O3/c1-16-9-11-29(21-13-17(25)7-8-20(21)26)24(31)22(16)23(30)28(15-19-6-4-12-32-19)14-18-5-2-3-10-27-18/h2-3,5,7-11,13,19H,4,6,12,14-15H2,1H3. The zero-order valence-electron chi connectivity index (χ0n) is 17.6. The van der Waals surface area contributed by atoms with Crippen LogP contribution < -0.4 is 5.56 Å². The van der Waals surface area contributed by atoms with E-state index in [1.54, 1.807) is 31.3 Å². The first-order valence-corrected chi connectivity index (χ1v) is 10.4. The summed E-state index contributed by atoms with van der Waals surface area (Å²) in [6.07, 6.45) is 4.58. The van der Waals surface area contributed by atoms with Crippen molar-refractivity contribution in [3.63, 3.8) is 0 Å². The number of hydrogen-bond acceptors (Lipinski definition) is 4. The molecule has 0 aliphatic carbocycles. The minimum atomic E-state index is -0.763. The van der Waals surface area contributed by atoms with Crippen molar-refractivity contribution < 1.29 is 18.3 Å². The maximum absolute atomic E-state index is 14.3. The highest BCUT2D eigenvalue weighted by Gasteiger charge is 2.27. The summed E-state index contributed by atoms with van der Waals surface area (Å²) in [5, 5.41) is 0. The zero-order chi connectivity index (χ0) is 22.7.